The molecule has 2 bridgehead atoms. The molecule has 0 radical (unpaired) electrons. The quantitative estimate of drug-likeness (QED) is 0.628. The van der Waals surface area contributed by atoms with Gasteiger partial charge in [0.05, 0.1) is 10.6 Å². The topological polar surface area (TPSA) is 26.3 Å². The number of carbonyl (C=O) groups is 1. The van der Waals surface area contributed by atoms with Crippen LogP contribution in [-0.4, -0.2) is 18.0 Å². The summed E-state index contributed by atoms with van der Waals surface area (Å²) in [5, 5.41) is 0. The van der Waals surface area contributed by atoms with Crippen molar-refractivity contribution < 1.29 is 9.53 Å². The second-order valence-corrected chi connectivity index (χ2v) is 6.47. The van der Waals surface area contributed by atoms with E-state index in [0.29, 0.717) is 16.3 Å². The van der Waals surface area contributed by atoms with Crippen LogP contribution in [0.1, 0.15) is 19.8 Å². The molecule has 0 unspecified atom stereocenters. The Morgan fingerprint density at radius 3 is 2.81 bits per heavy atom. The van der Waals surface area contributed by atoms with Crippen LogP contribution in [0, 0.1) is 11.8 Å². The molecule has 0 spiro atoms. The van der Waals surface area contributed by atoms with Gasteiger partial charge < -0.3 is 4.74 Å². The zero-order valence-corrected chi connectivity index (χ0v) is 12.0. The van der Waals surface area contributed by atoms with Crippen LogP contribution < -0.4 is 0 Å². The highest BCUT2D eigenvalue weighted by Crippen LogP contribution is 2.50. The van der Waals surface area contributed by atoms with Crippen LogP contribution in [0.2, 0.25) is 0 Å². The summed E-state index contributed by atoms with van der Waals surface area (Å²) in [7, 11) is 0. The zero-order valence-electron chi connectivity index (χ0n) is 8.87. The number of ketones is 1. The van der Waals surface area contributed by atoms with E-state index >= 15 is 0 Å². The maximum atomic E-state index is 12.0. The van der Waals surface area contributed by atoms with E-state index in [2.05, 4.69) is 44.9 Å². The minimum Gasteiger partial charge on any atom is -0.361 e. The monoisotopic (exact) mass is 346 g/mol. The third-order valence-electron chi connectivity index (χ3n) is 3.85. The standard InChI is InChI=1S/C12H12Br2O2/c1-5-2-3-6-7(4-5)11-9(14)8(13)10(15)12(6)16-11/h2,6-7,11-12H,3-4H2,1H3/t6-,7+,11+,12-/m0/s1. The Kier molecular flexibility index (Phi) is 2.64. The lowest BCUT2D eigenvalue weighted by Gasteiger charge is -2.25. The molecule has 2 heterocycles. The lowest BCUT2D eigenvalue weighted by atomic mass is 9.77. The predicted octanol–water partition coefficient (Wildman–Crippen LogP) is 3.31. The molecule has 16 heavy (non-hydrogen) atoms. The smallest absolute Gasteiger partial charge is 0.199 e. The Hall–Kier alpha value is 0.0700. The Labute approximate surface area is 111 Å². The fraction of sp³-hybridized carbons (Fsp3) is 0.583. The molecule has 4 heteroatoms. The Bertz CT molecular complexity index is 425. The van der Waals surface area contributed by atoms with Gasteiger partial charge in [0.15, 0.2) is 5.78 Å². The first-order valence-electron chi connectivity index (χ1n) is 5.50. The van der Waals surface area contributed by atoms with Gasteiger partial charge in [-0.1, -0.05) is 27.6 Å². The van der Waals surface area contributed by atoms with E-state index in [1.165, 1.54) is 5.57 Å². The fourth-order valence-corrected chi connectivity index (χ4v) is 4.12. The van der Waals surface area contributed by atoms with E-state index in [9.17, 15) is 4.79 Å². The van der Waals surface area contributed by atoms with Crippen molar-refractivity contribution in [2.24, 2.45) is 11.8 Å². The molecule has 2 nitrogen and oxygen atoms in total. The number of hydrogen-bond acceptors (Lipinski definition) is 2. The first-order chi connectivity index (χ1) is 7.59. The first kappa shape index (κ1) is 11.2. The van der Waals surface area contributed by atoms with Crippen molar-refractivity contribution >= 4 is 37.6 Å². The predicted molar refractivity (Wildman–Crippen MR) is 68.5 cm³/mol. The minimum atomic E-state index is -0.227. The van der Waals surface area contributed by atoms with Crippen molar-refractivity contribution in [1.82, 2.24) is 0 Å². The molecule has 4 atom stereocenters. The molecule has 0 aromatic carbocycles. The van der Waals surface area contributed by atoms with Crippen LogP contribution in [0.15, 0.2) is 20.6 Å². The summed E-state index contributed by atoms with van der Waals surface area (Å²) in [5.41, 5.74) is 1.42. The molecule has 0 amide bonds. The van der Waals surface area contributed by atoms with Crippen molar-refractivity contribution in [3.8, 4) is 0 Å². The maximum absolute atomic E-state index is 12.0. The third-order valence-corrected chi connectivity index (χ3v) is 6.05. The molecule has 0 aromatic rings. The van der Waals surface area contributed by atoms with Gasteiger partial charge >= 0.3 is 0 Å². The molecule has 3 aliphatic rings. The zero-order chi connectivity index (χ0) is 11.4. The van der Waals surface area contributed by atoms with Crippen molar-refractivity contribution in [2.45, 2.75) is 32.0 Å². The normalized spacial score (nSPS) is 42.2. The summed E-state index contributed by atoms with van der Waals surface area (Å²) < 4.78 is 7.45. The van der Waals surface area contributed by atoms with Gasteiger partial charge in [0, 0.05) is 10.4 Å². The second kappa shape index (κ2) is 3.79. The summed E-state index contributed by atoms with van der Waals surface area (Å²) >= 11 is 6.87. The summed E-state index contributed by atoms with van der Waals surface area (Å²) in [6.07, 6.45) is 4.12. The molecule has 0 aromatic heterocycles. The molecule has 86 valence electrons. The largest absolute Gasteiger partial charge is 0.361 e. The first-order valence-corrected chi connectivity index (χ1v) is 7.08. The van der Waals surface area contributed by atoms with Gasteiger partial charge in [-0.2, -0.15) is 0 Å². The highest BCUT2D eigenvalue weighted by atomic mass is 79.9. The summed E-state index contributed by atoms with van der Waals surface area (Å²) in [5.74, 6) is 0.927. The van der Waals surface area contributed by atoms with Gasteiger partial charge in [-0.05, 0) is 41.6 Å². The van der Waals surface area contributed by atoms with Crippen LogP contribution >= 0.6 is 31.9 Å². The average molecular weight is 348 g/mol. The highest BCUT2D eigenvalue weighted by molar-refractivity contribution is 9.14. The Balaban J connectivity index is 2.02. The summed E-state index contributed by atoms with van der Waals surface area (Å²) in [6.45, 7) is 2.16. The van der Waals surface area contributed by atoms with Gasteiger partial charge in [0.2, 0.25) is 0 Å². The molecule has 2 aliphatic heterocycles. The van der Waals surface area contributed by atoms with E-state index in [0.717, 1.165) is 17.3 Å². The molecule has 1 saturated heterocycles. The van der Waals surface area contributed by atoms with Crippen LogP contribution in [0.4, 0.5) is 0 Å². The number of ether oxygens (including phenoxy) is 1. The van der Waals surface area contributed by atoms with E-state index in [1.807, 2.05) is 0 Å². The number of halogens is 2. The Morgan fingerprint density at radius 1 is 1.31 bits per heavy atom. The van der Waals surface area contributed by atoms with Gasteiger partial charge in [-0.3, -0.25) is 4.79 Å². The van der Waals surface area contributed by atoms with E-state index in [-0.39, 0.29) is 18.0 Å². The molecular weight excluding hydrogens is 336 g/mol. The number of Topliss-reactive ketones (excluding diaryl/α,β-unsaturated/α-hetero) is 1. The fourth-order valence-electron chi connectivity index (χ4n) is 3.03. The number of allylic oxidation sites excluding steroid dienone is 2. The molecular formula is C12H12Br2O2. The summed E-state index contributed by atoms with van der Waals surface area (Å²) in [4.78, 5) is 12.0. The lowest BCUT2D eigenvalue weighted by Crippen LogP contribution is -2.31. The van der Waals surface area contributed by atoms with Crippen molar-refractivity contribution in [3.05, 3.63) is 20.6 Å². The van der Waals surface area contributed by atoms with E-state index in [1.54, 1.807) is 0 Å². The van der Waals surface area contributed by atoms with Crippen molar-refractivity contribution in [2.75, 3.05) is 0 Å². The number of fused-ring (bicyclic) bond motifs is 5. The minimum absolute atomic E-state index is 0.0747. The molecule has 0 N–H and O–H groups in total. The van der Waals surface area contributed by atoms with Gasteiger partial charge in [-0.15, -0.1) is 0 Å². The van der Waals surface area contributed by atoms with Gasteiger partial charge in [0.1, 0.15) is 6.10 Å². The number of hydrogen-bond donors (Lipinski definition) is 0. The molecule has 3 rings (SSSR count). The Morgan fingerprint density at radius 2 is 2.06 bits per heavy atom. The second-order valence-electron chi connectivity index (χ2n) is 4.82. The van der Waals surface area contributed by atoms with Crippen molar-refractivity contribution in [3.63, 3.8) is 0 Å². The van der Waals surface area contributed by atoms with Crippen LogP contribution in [-0.2, 0) is 9.53 Å². The molecule has 0 saturated carbocycles. The van der Waals surface area contributed by atoms with Gasteiger partial charge in [0.25, 0.3) is 0 Å². The average Bonchev–Trinajstić information content (AvgIpc) is 2.60. The lowest BCUT2D eigenvalue weighted by molar-refractivity contribution is -0.127. The van der Waals surface area contributed by atoms with Crippen molar-refractivity contribution in [1.29, 1.82) is 0 Å². The van der Waals surface area contributed by atoms with Crippen LogP contribution in [0.3, 0.4) is 0 Å². The summed E-state index contributed by atoms with van der Waals surface area (Å²) in [6, 6.07) is 0. The number of rotatable bonds is 0. The van der Waals surface area contributed by atoms with Gasteiger partial charge in [-0.25, -0.2) is 0 Å². The number of carbonyl (C=O) groups excluding carboxylic acids is 1. The highest BCUT2D eigenvalue weighted by Gasteiger charge is 2.53. The van der Waals surface area contributed by atoms with E-state index < -0.39 is 0 Å². The van der Waals surface area contributed by atoms with E-state index in [4.69, 9.17) is 4.74 Å². The maximum Gasteiger partial charge on any atom is 0.199 e. The van der Waals surface area contributed by atoms with Crippen LogP contribution in [0.25, 0.3) is 0 Å². The molecule has 1 aliphatic carbocycles. The molecule has 1 fully saturated rings. The third kappa shape index (κ3) is 1.42. The van der Waals surface area contributed by atoms with Crippen LogP contribution in [0.5, 0.6) is 0 Å². The SMILES string of the molecule is CC1=CC[C@H]2[C@@H](C1)[C@H]1O[C@@H]2C(=O)C(Br)=C1Br.